The minimum Gasteiger partial charge on any atom is -0.493 e. The van der Waals surface area contributed by atoms with E-state index in [0.29, 0.717) is 24.0 Å². The fourth-order valence-corrected chi connectivity index (χ4v) is 2.99. The van der Waals surface area contributed by atoms with Crippen molar-refractivity contribution in [3.8, 4) is 11.5 Å². The van der Waals surface area contributed by atoms with E-state index in [0.717, 1.165) is 35.9 Å². The fraction of sp³-hybridized carbons (Fsp3) is 0.273. The molecule has 1 atom stereocenters. The number of esters is 1. The van der Waals surface area contributed by atoms with Gasteiger partial charge in [0.2, 0.25) is 0 Å². The van der Waals surface area contributed by atoms with Gasteiger partial charge in [-0.15, -0.1) is 0 Å². The number of carbonyl (C=O) groups excluding carboxylic acids is 2. The summed E-state index contributed by atoms with van der Waals surface area (Å²) in [6.45, 7) is 3.66. The van der Waals surface area contributed by atoms with Gasteiger partial charge in [0.05, 0.1) is 12.3 Å². The molecule has 1 aliphatic heterocycles. The fourth-order valence-electron chi connectivity index (χ4n) is 2.99. The average molecular weight is 417 g/mol. The number of ether oxygens (including phenoxy) is 3. The molecule has 0 saturated carbocycles. The van der Waals surface area contributed by atoms with Crippen LogP contribution in [0.2, 0.25) is 0 Å². The van der Waals surface area contributed by atoms with Gasteiger partial charge in [-0.25, -0.2) is 13.6 Å². The summed E-state index contributed by atoms with van der Waals surface area (Å²) in [5.74, 6) is -1.85. The van der Waals surface area contributed by atoms with Crippen LogP contribution >= 0.6 is 0 Å². The number of halogens is 2. The van der Waals surface area contributed by atoms with E-state index in [4.69, 9.17) is 14.2 Å². The van der Waals surface area contributed by atoms with Gasteiger partial charge in [0.1, 0.15) is 29.2 Å². The van der Waals surface area contributed by atoms with E-state index >= 15 is 0 Å². The molecule has 30 heavy (non-hydrogen) atoms. The van der Waals surface area contributed by atoms with E-state index in [1.165, 1.54) is 6.08 Å². The Kier molecular flexibility index (Phi) is 6.66. The second-order valence-corrected chi connectivity index (χ2v) is 6.68. The second-order valence-electron chi connectivity index (χ2n) is 6.68. The van der Waals surface area contributed by atoms with Crippen molar-refractivity contribution in [3.63, 3.8) is 0 Å². The number of amides is 1. The summed E-state index contributed by atoms with van der Waals surface area (Å²) < 4.78 is 42.6. The van der Waals surface area contributed by atoms with Crippen LogP contribution in [-0.4, -0.2) is 31.2 Å². The van der Waals surface area contributed by atoms with Gasteiger partial charge in [0.25, 0.3) is 5.91 Å². The van der Waals surface area contributed by atoms with Gasteiger partial charge in [-0.05, 0) is 44.2 Å². The summed E-state index contributed by atoms with van der Waals surface area (Å²) >= 11 is 0. The Bertz CT molecular complexity index is 990. The number of carbonyl (C=O) groups is 2. The number of hydrogen-bond donors (Lipinski definition) is 1. The molecule has 0 fully saturated rings. The van der Waals surface area contributed by atoms with Crippen LogP contribution in [-0.2, 0) is 20.7 Å². The minimum atomic E-state index is -0.925. The Hall–Kier alpha value is -3.42. The summed E-state index contributed by atoms with van der Waals surface area (Å²) in [7, 11) is 0. The number of benzene rings is 2. The molecule has 1 amide bonds. The molecular formula is C22H21F2NO5. The van der Waals surface area contributed by atoms with Crippen molar-refractivity contribution >= 4 is 23.6 Å². The zero-order chi connectivity index (χ0) is 21.7. The predicted molar refractivity (Wildman–Crippen MR) is 106 cm³/mol. The number of fused-ring (bicyclic) bond motifs is 1. The molecule has 0 bridgehead atoms. The van der Waals surface area contributed by atoms with Gasteiger partial charge < -0.3 is 19.5 Å². The maximum absolute atomic E-state index is 13.5. The maximum Gasteiger partial charge on any atom is 0.331 e. The molecule has 0 spiro atoms. The van der Waals surface area contributed by atoms with Crippen molar-refractivity contribution in [3.05, 3.63) is 59.2 Å². The number of nitrogens with one attached hydrogen (secondary N) is 1. The van der Waals surface area contributed by atoms with Crippen molar-refractivity contribution in [2.45, 2.75) is 26.4 Å². The lowest BCUT2D eigenvalue weighted by Gasteiger charge is -2.10. The molecule has 1 heterocycles. The lowest BCUT2D eigenvalue weighted by atomic mass is 10.1. The molecule has 0 aromatic heterocycles. The number of anilines is 1. The molecule has 3 rings (SSSR count). The highest BCUT2D eigenvalue weighted by Crippen LogP contribution is 2.35. The summed E-state index contributed by atoms with van der Waals surface area (Å²) in [5.41, 5.74) is 1.47. The van der Waals surface area contributed by atoms with Gasteiger partial charge in [0, 0.05) is 29.7 Å². The Balaban J connectivity index is 1.59. The van der Waals surface area contributed by atoms with Gasteiger partial charge in [-0.2, -0.15) is 0 Å². The van der Waals surface area contributed by atoms with E-state index in [9.17, 15) is 18.4 Å². The quantitative estimate of drug-likeness (QED) is 0.547. The third-order valence-electron chi connectivity index (χ3n) is 4.28. The largest absolute Gasteiger partial charge is 0.493 e. The topological polar surface area (TPSA) is 73.9 Å². The monoisotopic (exact) mass is 417 g/mol. The first-order chi connectivity index (χ1) is 14.4. The summed E-state index contributed by atoms with van der Waals surface area (Å²) in [6.07, 6.45) is 3.53. The van der Waals surface area contributed by atoms with Gasteiger partial charge in [-0.1, -0.05) is 0 Å². The second kappa shape index (κ2) is 9.39. The molecule has 158 valence electrons. The normalized spacial score (nSPS) is 14.9. The first-order valence-electron chi connectivity index (χ1n) is 9.41. The van der Waals surface area contributed by atoms with E-state index < -0.39 is 30.1 Å². The van der Waals surface area contributed by atoms with Gasteiger partial charge in [0.15, 0.2) is 6.61 Å². The molecule has 1 N–H and O–H groups in total. The SMILES string of the molecule is CCOc1cc2c(cc1/C=C/C(=O)OCC(=O)Nc1ccc(F)cc1F)O[C@H](C)C2. The molecular weight excluding hydrogens is 396 g/mol. The predicted octanol–water partition coefficient (Wildman–Crippen LogP) is 3.88. The van der Waals surface area contributed by atoms with Crippen LogP contribution in [0.15, 0.2) is 36.4 Å². The zero-order valence-corrected chi connectivity index (χ0v) is 16.5. The van der Waals surface area contributed by atoms with Crippen molar-refractivity contribution in [1.82, 2.24) is 0 Å². The Morgan fingerprint density at radius 3 is 2.80 bits per heavy atom. The molecule has 0 radical (unpaired) electrons. The number of hydrogen-bond acceptors (Lipinski definition) is 5. The van der Waals surface area contributed by atoms with Crippen molar-refractivity contribution in [1.29, 1.82) is 0 Å². The molecule has 2 aromatic rings. The molecule has 2 aromatic carbocycles. The average Bonchev–Trinajstić information content (AvgIpc) is 3.05. The molecule has 0 saturated heterocycles. The Morgan fingerprint density at radius 2 is 2.07 bits per heavy atom. The van der Waals surface area contributed by atoms with E-state index in [-0.39, 0.29) is 11.8 Å². The summed E-state index contributed by atoms with van der Waals surface area (Å²) in [4.78, 5) is 23.8. The van der Waals surface area contributed by atoms with Crippen molar-refractivity contribution < 1.29 is 32.6 Å². The van der Waals surface area contributed by atoms with Crippen LogP contribution in [0.4, 0.5) is 14.5 Å². The standard InChI is InChI=1S/C22H21F2NO5/c1-3-28-19-10-15-8-13(2)30-20(15)9-14(19)4-7-22(27)29-12-21(26)25-18-6-5-16(23)11-17(18)24/h4-7,9-11,13H,3,8,12H2,1-2H3,(H,25,26)/b7-4+/t13-/m1/s1. The van der Waals surface area contributed by atoms with Crippen LogP contribution in [0.3, 0.4) is 0 Å². The smallest absolute Gasteiger partial charge is 0.331 e. The lowest BCUT2D eigenvalue weighted by Crippen LogP contribution is -2.20. The van der Waals surface area contributed by atoms with Crippen molar-refractivity contribution in [2.75, 3.05) is 18.5 Å². The number of rotatable bonds is 7. The van der Waals surface area contributed by atoms with E-state index in [2.05, 4.69) is 5.32 Å². The molecule has 6 nitrogen and oxygen atoms in total. The van der Waals surface area contributed by atoms with Crippen LogP contribution in [0.5, 0.6) is 11.5 Å². The first kappa shape index (κ1) is 21.3. The Morgan fingerprint density at radius 1 is 1.27 bits per heavy atom. The molecule has 0 unspecified atom stereocenters. The van der Waals surface area contributed by atoms with Crippen molar-refractivity contribution in [2.24, 2.45) is 0 Å². The summed E-state index contributed by atoms with van der Waals surface area (Å²) in [5, 5.41) is 2.21. The maximum atomic E-state index is 13.5. The van der Waals surface area contributed by atoms with Crippen LogP contribution in [0, 0.1) is 11.6 Å². The third-order valence-corrected chi connectivity index (χ3v) is 4.28. The summed E-state index contributed by atoms with van der Waals surface area (Å²) in [6, 6.07) is 6.40. The highest BCUT2D eigenvalue weighted by Gasteiger charge is 2.21. The molecule has 0 aliphatic carbocycles. The molecule has 1 aliphatic rings. The van der Waals surface area contributed by atoms with Crippen LogP contribution in [0.25, 0.3) is 6.08 Å². The minimum absolute atomic E-state index is 0.0723. The molecule has 8 heteroatoms. The highest BCUT2D eigenvalue weighted by atomic mass is 19.1. The highest BCUT2D eigenvalue weighted by molar-refractivity contribution is 5.94. The van der Waals surface area contributed by atoms with E-state index in [1.807, 2.05) is 19.9 Å². The van der Waals surface area contributed by atoms with Crippen LogP contribution < -0.4 is 14.8 Å². The zero-order valence-electron chi connectivity index (χ0n) is 16.5. The first-order valence-corrected chi connectivity index (χ1v) is 9.41. The van der Waals surface area contributed by atoms with Gasteiger partial charge in [-0.3, -0.25) is 4.79 Å². The Labute approximate surface area is 172 Å². The van der Waals surface area contributed by atoms with Crippen LogP contribution in [0.1, 0.15) is 25.0 Å². The van der Waals surface area contributed by atoms with Gasteiger partial charge >= 0.3 is 5.97 Å². The third kappa shape index (κ3) is 5.34. The van der Waals surface area contributed by atoms with E-state index in [1.54, 1.807) is 6.07 Å². The lowest BCUT2D eigenvalue weighted by molar-refractivity contribution is -0.142.